The highest BCUT2D eigenvalue weighted by molar-refractivity contribution is 5.76. The molecule has 0 radical (unpaired) electrons. The van der Waals surface area contributed by atoms with E-state index in [1.807, 2.05) is 0 Å². The Morgan fingerprint density at radius 2 is 2.00 bits per heavy atom. The van der Waals surface area contributed by atoms with Crippen molar-refractivity contribution in [3.05, 3.63) is 29.3 Å². The van der Waals surface area contributed by atoms with Crippen molar-refractivity contribution < 1.29 is 14.0 Å². The van der Waals surface area contributed by atoms with E-state index in [1.54, 1.807) is 0 Å². The molecular weight excluding hydrogens is 300 g/mol. The largest absolute Gasteiger partial charge is 0.493 e. The summed E-state index contributed by atoms with van der Waals surface area (Å²) in [7, 11) is 4.19. The summed E-state index contributed by atoms with van der Waals surface area (Å²) in [6.45, 7) is 11.4. The number of carbonyl (C=O) groups excluding carboxylic acids is 1. The van der Waals surface area contributed by atoms with Crippen LogP contribution in [0.5, 0.6) is 5.75 Å². The molecule has 0 saturated heterocycles. The van der Waals surface area contributed by atoms with Gasteiger partial charge in [-0.15, -0.1) is 0 Å². The van der Waals surface area contributed by atoms with Crippen LogP contribution in [0, 0.1) is 6.92 Å². The average Bonchev–Trinajstić information content (AvgIpc) is 2.49. The zero-order valence-corrected chi connectivity index (χ0v) is 16.3. The molecule has 0 spiro atoms. The Bertz CT molecular complexity index is 524. The number of nitrogens with one attached hydrogen (secondary N) is 1. The van der Waals surface area contributed by atoms with Gasteiger partial charge in [0.1, 0.15) is 5.75 Å². The Hall–Kier alpha value is -1.55. The van der Waals surface area contributed by atoms with Crippen LogP contribution >= 0.6 is 0 Å². The summed E-state index contributed by atoms with van der Waals surface area (Å²) in [4.78, 5) is 11.9. The lowest BCUT2D eigenvalue weighted by Gasteiger charge is -2.29. The predicted molar refractivity (Wildman–Crippen MR) is 101 cm³/mol. The monoisotopic (exact) mass is 335 g/mol. The van der Waals surface area contributed by atoms with E-state index in [0.717, 1.165) is 31.7 Å². The number of quaternary nitrogens is 1. The second-order valence-corrected chi connectivity index (χ2v) is 7.57. The second-order valence-electron chi connectivity index (χ2n) is 7.57. The van der Waals surface area contributed by atoms with Crippen LogP contribution in [0.1, 0.15) is 50.7 Å². The highest BCUT2D eigenvalue weighted by Gasteiger charge is 2.19. The van der Waals surface area contributed by atoms with Gasteiger partial charge in [0.15, 0.2) is 6.54 Å². The first-order valence-electron chi connectivity index (χ1n) is 9.07. The van der Waals surface area contributed by atoms with Crippen LogP contribution < -0.4 is 10.1 Å². The minimum atomic E-state index is 0.128. The number of likely N-dealkylation sites (N-methyl/N-ethyl adjacent to an activating group) is 1. The van der Waals surface area contributed by atoms with Crippen molar-refractivity contribution in [2.24, 2.45) is 0 Å². The molecule has 0 aliphatic carbocycles. The van der Waals surface area contributed by atoms with E-state index in [4.69, 9.17) is 4.74 Å². The van der Waals surface area contributed by atoms with Crippen LogP contribution in [0.3, 0.4) is 0 Å². The maximum Gasteiger partial charge on any atom is 0.275 e. The summed E-state index contributed by atoms with van der Waals surface area (Å²) in [6, 6.07) is 6.41. The van der Waals surface area contributed by atoms with E-state index >= 15 is 0 Å². The van der Waals surface area contributed by atoms with E-state index in [0.29, 0.717) is 23.6 Å². The number of aryl methyl sites for hydroxylation is 1. The van der Waals surface area contributed by atoms with Crippen molar-refractivity contribution >= 4 is 5.91 Å². The third kappa shape index (κ3) is 7.35. The third-order valence-corrected chi connectivity index (χ3v) is 4.10. The molecule has 1 N–H and O–H groups in total. The average molecular weight is 336 g/mol. The Balaban J connectivity index is 2.45. The van der Waals surface area contributed by atoms with Crippen molar-refractivity contribution in [2.75, 3.05) is 40.3 Å². The number of amides is 1. The van der Waals surface area contributed by atoms with Gasteiger partial charge in [0.25, 0.3) is 5.91 Å². The second kappa shape index (κ2) is 9.67. The zero-order valence-electron chi connectivity index (χ0n) is 16.3. The van der Waals surface area contributed by atoms with E-state index in [1.165, 1.54) is 11.1 Å². The highest BCUT2D eigenvalue weighted by Crippen LogP contribution is 2.27. The van der Waals surface area contributed by atoms with E-state index in [-0.39, 0.29) is 5.91 Å². The first-order valence-corrected chi connectivity index (χ1v) is 9.07. The van der Waals surface area contributed by atoms with E-state index in [9.17, 15) is 4.79 Å². The van der Waals surface area contributed by atoms with Crippen LogP contribution in [0.15, 0.2) is 18.2 Å². The van der Waals surface area contributed by atoms with Gasteiger partial charge < -0.3 is 14.5 Å². The molecule has 0 aromatic heterocycles. The lowest BCUT2D eigenvalue weighted by molar-refractivity contribution is -0.882. The van der Waals surface area contributed by atoms with Crippen LogP contribution in [-0.2, 0) is 4.79 Å². The molecule has 0 unspecified atom stereocenters. The molecule has 4 heteroatoms. The molecule has 0 fully saturated rings. The Kier molecular flexibility index (Phi) is 8.26. The summed E-state index contributed by atoms with van der Waals surface area (Å²) in [6.07, 6.45) is 1.90. The summed E-state index contributed by atoms with van der Waals surface area (Å²) < 4.78 is 6.72. The molecular formula is C20H35N2O2+. The maximum atomic E-state index is 11.9. The van der Waals surface area contributed by atoms with Gasteiger partial charge >= 0.3 is 0 Å². The van der Waals surface area contributed by atoms with Crippen molar-refractivity contribution in [2.45, 2.75) is 46.5 Å². The number of nitrogens with zero attached hydrogens (tertiary/aromatic N) is 1. The quantitative estimate of drug-likeness (QED) is 0.525. The molecule has 0 aliphatic heterocycles. The Morgan fingerprint density at radius 3 is 2.62 bits per heavy atom. The molecule has 1 aromatic rings. The molecule has 1 aromatic carbocycles. The molecule has 0 bridgehead atoms. The van der Waals surface area contributed by atoms with Gasteiger partial charge in [-0.25, -0.2) is 0 Å². The molecule has 4 nitrogen and oxygen atoms in total. The highest BCUT2D eigenvalue weighted by atomic mass is 16.5. The Labute approximate surface area is 147 Å². The third-order valence-electron chi connectivity index (χ3n) is 4.10. The van der Waals surface area contributed by atoms with Gasteiger partial charge in [-0.05, 0) is 36.5 Å². The molecule has 24 heavy (non-hydrogen) atoms. The fourth-order valence-electron chi connectivity index (χ4n) is 2.71. The minimum Gasteiger partial charge on any atom is -0.493 e. The van der Waals surface area contributed by atoms with Crippen molar-refractivity contribution in [3.63, 3.8) is 0 Å². The lowest BCUT2D eigenvalue weighted by atomic mass is 10.0. The zero-order chi connectivity index (χ0) is 18.2. The molecule has 1 amide bonds. The summed E-state index contributed by atoms with van der Waals surface area (Å²) >= 11 is 0. The summed E-state index contributed by atoms with van der Waals surface area (Å²) in [5, 5.41) is 2.95. The van der Waals surface area contributed by atoms with Gasteiger partial charge in [-0.2, -0.15) is 0 Å². The molecule has 0 heterocycles. The number of hydrogen-bond acceptors (Lipinski definition) is 2. The number of carbonyl (C=O) groups is 1. The normalized spacial score (nSPS) is 11.6. The number of hydrogen-bond donors (Lipinski definition) is 1. The number of benzene rings is 1. The molecule has 136 valence electrons. The SMILES string of the molecule is CCCNC(=O)C[N+](C)(C)CCCOc1cc(C)ccc1C(C)C. The number of rotatable bonds is 10. The summed E-state index contributed by atoms with van der Waals surface area (Å²) in [5.74, 6) is 1.58. The van der Waals surface area contributed by atoms with Gasteiger partial charge in [0.2, 0.25) is 0 Å². The fraction of sp³-hybridized carbons (Fsp3) is 0.650. The van der Waals surface area contributed by atoms with E-state index in [2.05, 4.69) is 65.3 Å². The molecule has 0 atom stereocenters. The predicted octanol–water partition coefficient (Wildman–Crippen LogP) is 3.49. The first-order chi connectivity index (χ1) is 11.2. The van der Waals surface area contributed by atoms with Crippen LogP contribution in [-0.4, -0.2) is 50.7 Å². The molecule has 1 rings (SSSR count). The van der Waals surface area contributed by atoms with Gasteiger partial charge in [0, 0.05) is 13.0 Å². The number of ether oxygens (including phenoxy) is 1. The smallest absolute Gasteiger partial charge is 0.275 e. The van der Waals surface area contributed by atoms with E-state index < -0.39 is 0 Å². The summed E-state index contributed by atoms with van der Waals surface area (Å²) in [5.41, 5.74) is 2.48. The first kappa shape index (κ1) is 20.5. The van der Waals surface area contributed by atoms with Gasteiger partial charge in [-0.1, -0.05) is 32.9 Å². The maximum absolute atomic E-state index is 11.9. The fourth-order valence-corrected chi connectivity index (χ4v) is 2.71. The van der Waals surface area contributed by atoms with Crippen LogP contribution in [0.4, 0.5) is 0 Å². The standard InChI is InChI=1S/C20H34N2O2/c1-7-11-21-20(23)15-22(5,6)12-8-13-24-19-14-17(4)9-10-18(19)16(2)3/h9-10,14,16H,7-8,11-13,15H2,1-6H3/p+1. The van der Waals surface area contributed by atoms with Gasteiger partial charge in [0.05, 0.1) is 27.2 Å². The Morgan fingerprint density at radius 1 is 1.29 bits per heavy atom. The van der Waals surface area contributed by atoms with Crippen molar-refractivity contribution in [3.8, 4) is 5.75 Å². The van der Waals surface area contributed by atoms with Crippen molar-refractivity contribution in [1.29, 1.82) is 0 Å². The van der Waals surface area contributed by atoms with Crippen LogP contribution in [0.25, 0.3) is 0 Å². The molecule has 0 aliphatic rings. The minimum absolute atomic E-state index is 0.128. The van der Waals surface area contributed by atoms with Crippen LogP contribution in [0.2, 0.25) is 0 Å². The topological polar surface area (TPSA) is 38.3 Å². The van der Waals surface area contributed by atoms with Crippen molar-refractivity contribution in [1.82, 2.24) is 5.32 Å². The molecule has 0 saturated carbocycles. The lowest BCUT2D eigenvalue weighted by Crippen LogP contribution is -2.48. The van der Waals surface area contributed by atoms with Gasteiger partial charge in [-0.3, -0.25) is 4.79 Å².